The summed E-state index contributed by atoms with van der Waals surface area (Å²) in [6.45, 7) is 2.06. The molecular formula is C16H11NO2. The Morgan fingerprint density at radius 2 is 1.79 bits per heavy atom. The van der Waals surface area contributed by atoms with E-state index in [1.807, 2.05) is 42.5 Å². The van der Waals surface area contributed by atoms with Crippen molar-refractivity contribution < 1.29 is 8.83 Å². The first-order chi connectivity index (χ1) is 9.29. The van der Waals surface area contributed by atoms with Gasteiger partial charge in [-0.1, -0.05) is 23.8 Å². The third kappa shape index (κ3) is 1.63. The number of hydrogen-bond donors (Lipinski definition) is 0. The molecule has 0 saturated carbocycles. The summed E-state index contributed by atoms with van der Waals surface area (Å²) in [5, 5.41) is 1.07. The predicted molar refractivity (Wildman–Crippen MR) is 74.0 cm³/mol. The van der Waals surface area contributed by atoms with Crippen molar-refractivity contribution in [2.75, 3.05) is 0 Å². The lowest BCUT2D eigenvalue weighted by atomic mass is 10.2. The zero-order chi connectivity index (χ0) is 12.8. The highest BCUT2D eigenvalue weighted by atomic mass is 16.4. The second-order valence-corrected chi connectivity index (χ2v) is 4.64. The molecule has 0 bridgehead atoms. The smallest absolute Gasteiger partial charge is 0.263 e. The number of aryl methyl sites for hydroxylation is 1. The van der Waals surface area contributed by atoms with Crippen LogP contribution < -0.4 is 0 Å². The molecule has 2 aromatic heterocycles. The van der Waals surface area contributed by atoms with E-state index < -0.39 is 0 Å². The van der Waals surface area contributed by atoms with Crippen molar-refractivity contribution in [1.82, 2.24) is 4.98 Å². The third-order valence-corrected chi connectivity index (χ3v) is 3.18. The van der Waals surface area contributed by atoms with Gasteiger partial charge in [-0.15, -0.1) is 0 Å². The summed E-state index contributed by atoms with van der Waals surface area (Å²) in [6, 6.07) is 15.8. The molecule has 0 amide bonds. The molecule has 92 valence electrons. The van der Waals surface area contributed by atoms with Gasteiger partial charge in [0.05, 0.1) is 0 Å². The lowest BCUT2D eigenvalue weighted by Crippen LogP contribution is -1.70. The highest BCUT2D eigenvalue weighted by Crippen LogP contribution is 2.29. The third-order valence-electron chi connectivity index (χ3n) is 3.18. The standard InChI is InChI=1S/C16H11NO2/c1-10-6-7-13-11(8-10)9-15(18-13)16-17-12-4-2-3-5-14(12)19-16/h2-9H,1H3. The zero-order valence-corrected chi connectivity index (χ0v) is 10.4. The van der Waals surface area contributed by atoms with Gasteiger partial charge >= 0.3 is 0 Å². The topological polar surface area (TPSA) is 39.2 Å². The fourth-order valence-electron chi connectivity index (χ4n) is 2.25. The molecule has 0 aliphatic rings. The average Bonchev–Trinajstić information content (AvgIpc) is 3.00. The average molecular weight is 249 g/mol. The molecule has 0 radical (unpaired) electrons. The molecule has 0 spiro atoms. The summed E-state index contributed by atoms with van der Waals surface area (Å²) < 4.78 is 11.5. The molecule has 0 unspecified atom stereocenters. The number of benzene rings is 2. The van der Waals surface area contributed by atoms with E-state index in [0.717, 1.165) is 22.1 Å². The van der Waals surface area contributed by atoms with Crippen LogP contribution in [0.1, 0.15) is 5.56 Å². The van der Waals surface area contributed by atoms with Gasteiger partial charge in [0.25, 0.3) is 5.89 Å². The molecule has 2 heterocycles. The molecule has 19 heavy (non-hydrogen) atoms. The lowest BCUT2D eigenvalue weighted by molar-refractivity contribution is 0.559. The fraction of sp³-hybridized carbons (Fsp3) is 0.0625. The van der Waals surface area contributed by atoms with Gasteiger partial charge < -0.3 is 8.83 Å². The van der Waals surface area contributed by atoms with Crippen LogP contribution >= 0.6 is 0 Å². The van der Waals surface area contributed by atoms with Crippen LogP contribution in [0.3, 0.4) is 0 Å². The number of fused-ring (bicyclic) bond motifs is 2. The summed E-state index contributed by atoms with van der Waals surface area (Å²) in [6.07, 6.45) is 0. The molecule has 3 heteroatoms. The van der Waals surface area contributed by atoms with Crippen molar-refractivity contribution >= 4 is 22.1 Å². The maximum absolute atomic E-state index is 5.78. The van der Waals surface area contributed by atoms with Crippen molar-refractivity contribution in [1.29, 1.82) is 0 Å². The number of para-hydroxylation sites is 2. The van der Waals surface area contributed by atoms with Crippen LogP contribution in [0.4, 0.5) is 0 Å². The highest BCUT2D eigenvalue weighted by Gasteiger charge is 2.12. The molecule has 4 rings (SSSR count). The van der Waals surface area contributed by atoms with Crippen molar-refractivity contribution in [3.63, 3.8) is 0 Å². The molecule has 0 fully saturated rings. The van der Waals surface area contributed by atoms with Crippen LogP contribution in [0.5, 0.6) is 0 Å². The van der Waals surface area contributed by atoms with E-state index in [1.54, 1.807) is 0 Å². The van der Waals surface area contributed by atoms with Crippen LogP contribution in [0.25, 0.3) is 33.7 Å². The van der Waals surface area contributed by atoms with E-state index in [-0.39, 0.29) is 0 Å². The fourth-order valence-corrected chi connectivity index (χ4v) is 2.25. The summed E-state index contributed by atoms with van der Waals surface area (Å²) in [7, 11) is 0. The molecule has 0 N–H and O–H groups in total. The van der Waals surface area contributed by atoms with E-state index in [0.29, 0.717) is 11.7 Å². The minimum absolute atomic E-state index is 0.523. The van der Waals surface area contributed by atoms with E-state index in [1.165, 1.54) is 5.56 Å². The van der Waals surface area contributed by atoms with Gasteiger partial charge in [-0.05, 0) is 37.3 Å². The summed E-state index contributed by atoms with van der Waals surface area (Å²) >= 11 is 0. The first-order valence-electron chi connectivity index (χ1n) is 6.16. The van der Waals surface area contributed by atoms with Gasteiger partial charge in [0.2, 0.25) is 0 Å². The number of rotatable bonds is 1. The van der Waals surface area contributed by atoms with E-state index >= 15 is 0 Å². The maximum atomic E-state index is 5.78. The van der Waals surface area contributed by atoms with Gasteiger partial charge in [-0.2, -0.15) is 0 Å². The molecular weight excluding hydrogens is 238 g/mol. The normalized spacial score (nSPS) is 11.4. The Balaban J connectivity index is 1.93. The first-order valence-corrected chi connectivity index (χ1v) is 6.16. The second kappa shape index (κ2) is 3.72. The van der Waals surface area contributed by atoms with Crippen LogP contribution in [-0.2, 0) is 0 Å². The molecule has 0 saturated heterocycles. The Kier molecular flexibility index (Phi) is 2.03. The summed E-state index contributed by atoms with van der Waals surface area (Å²) in [4.78, 5) is 4.44. The molecule has 0 aliphatic heterocycles. The highest BCUT2D eigenvalue weighted by molar-refractivity contribution is 5.83. The Hall–Kier alpha value is -2.55. The van der Waals surface area contributed by atoms with Crippen molar-refractivity contribution in [3.05, 3.63) is 54.1 Å². The van der Waals surface area contributed by atoms with Crippen LogP contribution in [-0.4, -0.2) is 4.98 Å². The van der Waals surface area contributed by atoms with Crippen LogP contribution in [0.2, 0.25) is 0 Å². The molecule has 0 atom stereocenters. The number of oxazole rings is 1. The first kappa shape index (κ1) is 10.4. The maximum Gasteiger partial charge on any atom is 0.263 e. The Morgan fingerprint density at radius 1 is 0.895 bits per heavy atom. The van der Waals surface area contributed by atoms with Gasteiger partial charge in [-0.25, -0.2) is 4.98 Å². The predicted octanol–water partition coefficient (Wildman–Crippen LogP) is 4.55. The van der Waals surface area contributed by atoms with E-state index in [2.05, 4.69) is 18.0 Å². The summed E-state index contributed by atoms with van der Waals surface area (Å²) in [5.41, 5.74) is 3.67. The number of furan rings is 1. The van der Waals surface area contributed by atoms with Crippen LogP contribution in [0, 0.1) is 6.92 Å². The minimum atomic E-state index is 0.523. The van der Waals surface area contributed by atoms with Gasteiger partial charge in [0.15, 0.2) is 11.3 Å². The van der Waals surface area contributed by atoms with E-state index in [4.69, 9.17) is 8.83 Å². The summed E-state index contributed by atoms with van der Waals surface area (Å²) in [5.74, 6) is 1.19. The monoisotopic (exact) mass is 249 g/mol. The molecule has 4 aromatic rings. The van der Waals surface area contributed by atoms with Crippen molar-refractivity contribution in [3.8, 4) is 11.7 Å². The largest absolute Gasteiger partial charge is 0.451 e. The van der Waals surface area contributed by atoms with Crippen molar-refractivity contribution in [2.45, 2.75) is 6.92 Å². The van der Waals surface area contributed by atoms with E-state index in [9.17, 15) is 0 Å². The zero-order valence-electron chi connectivity index (χ0n) is 10.4. The van der Waals surface area contributed by atoms with Crippen LogP contribution in [0.15, 0.2) is 57.4 Å². The SMILES string of the molecule is Cc1ccc2oc(-c3nc4ccccc4o3)cc2c1. The van der Waals surface area contributed by atoms with Gasteiger partial charge in [0, 0.05) is 5.39 Å². The Morgan fingerprint density at radius 3 is 2.68 bits per heavy atom. The molecule has 2 aromatic carbocycles. The molecule has 3 nitrogen and oxygen atoms in total. The number of hydrogen-bond acceptors (Lipinski definition) is 3. The van der Waals surface area contributed by atoms with Gasteiger partial charge in [0.1, 0.15) is 11.1 Å². The lowest BCUT2D eigenvalue weighted by Gasteiger charge is -1.89. The molecule has 0 aliphatic carbocycles. The Bertz CT molecular complexity index is 853. The Labute approximate surface area is 109 Å². The number of nitrogens with zero attached hydrogens (tertiary/aromatic N) is 1. The quantitative estimate of drug-likeness (QED) is 0.496. The number of aromatic nitrogens is 1. The minimum Gasteiger partial charge on any atom is -0.451 e. The van der Waals surface area contributed by atoms with Crippen molar-refractivity contribution in [2.24, 2.45) is 0 Å². The second-order valence-electron chi connectivity index (χ2n) is 4.64. The van der Waals surface area contributed by atoms with Gasteiger partial charge in [-0.3, -0.25) is 0 Å².